The van der Waals surface area contributed by atoms with Gasteiger partial charge in [-0.3, -0.25) is 4.98 Å². The van der Waals surface area contributed by atoms with Crippen molar-refractivity contribution in [1.82, 2.24) is 4.98 Å². The zero-order chi connectivity index (χ0) is 10.7. The fourth-order valence-corrected chi connectivity index (χ4v) is 1.41. The number of pyridine rings is 1. The summed E-state index contributed by atoms with van der Waals surface area (Å²) in [7, 11) is 0. The first-order valence-electron chi connectivity index (χ1n) is 4.15. The Bertz CT molecular complexity index is 319. The number of halogens is 1. The molecule has 0 bridgehead atoms. The molecule has 0 amide bonds. The summed E-state index contributed by atoms with van der Waals surface area (Å²) in [6, 6.07) is 3.08. The van der Waals surface area contributed by atoms with E-state index in [1.54, 1.807) is 13.0 Å². The van der Waals surface area contributed by atoms with Gasteiger partial charge in [-0.1, -0.05) is 15.9 Å². The Morgan fingerprint density at radius 1 is 1.43 bits per heavy atom. The molecule has 2 atom stereocenters. The van der Waals surface area contributed by atoms with E-state index in [0.717, 1.165) is 0 Å². The van der Waals surface area contributed by atoms with Gasteiger partial charge < -0.3 is 15.3 Å². The van der Waals surface area contributed by atoms with Gasteiger partial charge >= 0.3 is 0 Å². The van der Waals surface area contributed by atoms with E-state index < -0.39 is 12.2 Å². The van der Waals surface area contributed by atoms with Gasteiger partial charge in [0.1, 0.15) is 17.5 Å². The molecule has 0 aliphatic rings. The lowest BCUT2D eigenvalue weighted by molar-refractivity contribution is 0.0298. The van der Waals surface area contributed by atoms with E-state index in [9.17, 15) is 15.3 Å². The van der Waals surface area contributed by atoms with Crippen molar-refractivity contribution in [3.63, 3.8) is 0 Å². The lowest BCUT2D eigenvalue weighted by Gasteiger charge is -2.16. The number of hydrogen-bond acceptors (Lipinski definition) is 4. The van der Waals surface area contributed by atoms with Gasteiger partial charge in [-0.05, 0) is 19.1 Å². The summed E-state index contributed by atoms with van der Waals surface area (Å²) in [5.74, 6) is -0.108. The van der Waals surface area contributed by atoms with Crippen LogP contribution in [-0.4, -0.2) is 31.7 Å². The van der Waals surface area contributed by atoms with E-state index in [2.05, 4.69) is 20.9 Å². The average molecular weight is 262 g/mol. The van der Waals surface area contributed by atoms with Gasteiger partial charge in [-0.15, -0.1) is 0 Å². The Morgan fingerprint density at radius 3 is 2.64 bits per heavy atom. The minimum atomic E-state index is -1.17. The van der Waals surface area contributed by atoms with E-state index in [-0.39, 0.29) is 16.8 Å². The van der Waals surface area contributed by atoms with Crippen molar-refractivity contribution in [1.29, 1.82) is 0 Å². The molecule has 2 unspecified atom stereocenters. The molecular weight excluding hydrogens is 250 g/mol. The normalized spacial score (nSPS) is 15.1. The van der Waals surface area contributed by atoms with E-state index >= 15 is 0 Å². The van der Waals surface area contributed by atoms with Crippen LogP contribution in [0.1, 0.15) is 17.5 Å². The molecule has 0 aromatic carbocycles. The molecule has 78 valence electrons. The van der Waals surface area contributed by atoms with Crippen LogP contribution in [0, 0.1) is 6.92 Å². The summed E-state index contributed by atoms with van der Waals surface area (Å²) in [4.78, 5) is 3.96. The van der Waals surface area contributed by atoms with Crippen molar-refractivity contribution in [3.05, 3.63) is 23.5 Å². The fraction of sp³-hybridized carbons (Fsp3) is 0.444. The van der Waals surface area contributed by atoms with Gasteiger partial charge in [-0.2, -0.15) is 0 Å². The molecule has 1 rings (SSSR count). The Morgan fingerprint density at radius 2 is 2.07 bits per heavy atom. The highest BCUT2D eigenvalue weighted by Gasteiger charge is 2.21. The van der Waals surface area contributed by atoms with Crippen LogP contribution in [0.15, 0.2) is 12.1 Å². The van der Waals surface area contributed by atoms with Crippen LogP contribution >= 0.6 is 15.9 Å². The van der Waals surface area contributed by atoms with Crippen LogP contribution in [0.3, 0.4) is 0 Å². The van der Waals surface area contributed by atoms with Crippen molar-refractivity contribution in [2.24, 2.45) is 0 Å². The first-order valence-corrected chi connectivity index (χ1v) is 5.27. The number of hydrogen-bond donors (Lipinski definition) is 3. The first kappa shape index (κ1) is 11.4. The largest absolute Gasteiger partial charge is 0.506 e. The summed E-state index contributed by atoms with van der Waals surface area (Å²) in [6.45, 7) is 1.75. The van der Waals surface area contributed by atoms with Crippen LogP contribution in [0.4, 0.5) is 0 Å². The predicted octanol–water partition coefficient (Wildman–Crippen LogP) is 0.885. The monoisotopic (exact) mass is 261 g/mol. The van der Waals surface area contributed by atoms with Crippen molar-refractivity contribution in [2.75, 3.05) is 5.33 Å². The van der Waals surface area contributed by atoms with Gasteiger partial charge in [0.2, 0.25) is 0 Å². The third-order valence-corrected chi connectivity index (χ3v) is 2.51. The zero-order valence-corrected chi connectivity index (χ0v) is 9.27. The second-order valence-electron chi connectivity index (χ2n) is 3.02. The lowest BCUT2D eigenvalue weighted by Crippen LogP contribution is -2.20. The molecule has 1 aromatic heterocycles. The molecule has 0 saturated heterocycles. The molecule has 0 spiro atoms. The summed E-state index contributed by atoms with van der Waals surface area (Å²) in [5, 5.41) is 28.6. The van der Waals surface area contributed by atoms with E-state index in [0.29, 0.717) is 5.69 Å². The molecule has 3 N–H and O–H groups in total. The molecule has 0 aliphatic heterocycles. The Hall–Kier alpha value is -0.650. The van der Waals surface area contributed by atoms with Crippen LogP contribution in [-0.2, 0) is 0 Å². The third-order valence-electron chi connectivity index (χ3n) is 1.84. The Balaban J connectivity index is 2.99. The molecule has 0 aliphatic carbocycles. The molecule has 5 heteroatoms. The number of aromatic hydroxyl groups is 1. The highest BCUT2D eigenvalue weighted by molar-refractivity contribution is 9.09. The van der Waals surface area contributed by atoms with Gasteiger partial charge in [0.05, 0.1) is 6.10 Å². The van der Waals surface area contributed by atoms with Crippen molar-refractivity contribution in [2.45, 2.75) is 19.1 Å². The fourth-order valence-electron chi connectivity index (χ4n) is 1.05. The minimum Gasteiger partial charge on any atom is -0.506 e. The van der Waals surface area contributed by atoms with E-state index in [1.165, 1.54) is 6.07 Å². The second kappa shape index (κ2) is 4.72. The van der Waals surface area contributed by atoms with E-state index in [1.807, 2.05) is 0 Å². The van der Waals surface area contributed by atoms with Gasteiger partial charge in [0.25, 0.3) is 0 Å². The Labute approximate surface area is 90.4 Å². The lowest BCUT2D eigenvalue weighted by atomic mass is 10.1. The maximum absolute atomic E-state index is 9.59. The molecule has 0 saturated carbocycles. The summed E-state index contributed by atoms with van der Waals surface area (Å²) < 4.78 is 0. The molecular formula is C9H12BrNO3. The maximum atomic E-state index is 9.59. The van der Waals surface area contributed by atoms with Crippen LogP contribution in [0.5, 0.6) is 5.75 Å². The minimum absolute atomic E-state index is 0.108. The standard InChI is InChI=1S/C9H12BrNO3/c1-5-2-3-6(12)8(11-5)9(14)7(13)4-10/h2-3,7,9,12-14H,4H2,1H3. The highest BCUT2D eigenvalue weighted by atomic mass is 79.9. The highest BCUT2D eigenvalue weighted by Crippen LogP contribution is 2.25. The number of aliphatic hydroxyl groups excluding tert-OH is 2. The number of aromatic nitrogens is 1. The van der Waals surface area contributed by atoms with Gasteiger partial charge in [0.15, 0.2) is 0 Å². The number of nitrogens with zero attached hydrogens (tertiary/aromatic N) is 1. The molecule has 1 heterocycles. The number of rotatable bonds is 3. The number of aryl methyl sites for hydroxylation is 1. The smallest absolute Gasteiger partial charge is 0.139 e. The zero-order valence-electron chi connectivity index (χ0n) is 7.68. The van der Waals surface area contributed by atoms with Gasteiger partial charge in [0, 0.05) is 11.0 Å². The maximum Gasteiger partial charge on any atom is 0.139 e. The number of aliphatic hydroxyl groups is 2. The van der Waals surface area contributed by atoms with Crippen LogP contribution in [0.2, 0.25) is 0 Å². The summed E-state index contributed by atoms with van der Waals surface area (Å²) in [6.07, 6.45) is -2.15. The second-order valence-corrected chi connectivity index (χ2v) is 3.67. The Kier molecular flexibility index (Phi) is 3.86. The molecule has 14 heavy (non-hydrogen) atoms. The van der Waals surface area contributed by atoms with E-state index in [4.69, 9.17) is 0 Å². The molecule has 1 aromatic rings. The van der Waals surface area contributed by atoms with Crippen molar-refractivity contribution >= 4 is 15.9 Å². The predicted molar refractivity (Wildman–Crippen MR) is 55.4 cm³/mol. The molecule has 0 fully saturated rings. The summed E-state index contributed by atoms with van der Waals surface area (Å²) in [5.41, 5.74) is 0.788. The average Bonchev–Trinajstić information content (AvgIpc) is 2.19. The van der Waals surface area contributed by atoms with Crippen LogP contribution in [0.25, 0.3) is 0 Å². The van der Waals surface area contributed by atoms with Gasteiger partial charge in [-0.25, -0.2) is 0 Å². The first-order chi connectivity index (χ1) is 6.56. The SMILES string of the molecule is Cc1ccc(O)c(C(O)C(O)CBr)n1. The molecule has 0 radical (unpaired) electrons. The van der Waals surface area contributed by atoms with Crippen molar-refractivity contribution in [3.8, 4) is 5.75 Å². The summed E-state index contributed by atoms with van der Waals surface area (Å²) >= 11 is 3.04. The third kappa shape index (κ3) is 2.43. The topological polar surface area (TPSA) is 73.6 Å². The van der Waals surface area contributed by atoms with Crippen molar-refractivity contribution < 1.29 is 15.3 Å². The molecule has 4 nitrogen and oxygen atoms in total. The van der Waals surface area contributed by atoms with Crippen LogP contribution < -0.4 is 0 Å². The quantitative estimate of drug-likeness (QED) is 0.707. The number of alkyl halides is 1.